The smallest absolute Gasteiger partial charge is 0.169 e. The summed E-state index contributed by atoms with van der Waals surface area (Å²) in [4.78, 5) is 11.4. The molecule has 1 aromatic carbocycles. The average molecular weight is 271 g/mol. The molecule has 20 heavy (non-hydrogen) atoms. The first-order valence-electron chi connectivity index (χ1n) is 7.12. The number of likely N-dealkylation sites (tertiary alicyclic amines) is 1. The number of rotatable bonds is 2. The number of para-hydroxylation sites is 2. The maximum Gasteiger partial charge on any atom is 0.169 e. The van der Waals surface area contributed by atoms with Gasteiger partial charge < -0.3 is 16.0 Å². The van der Waals surface area contributed by atoms with Gasteiger partial charge in [0.2, 0.25) is 0 Å². The third kappa shape index (κ3) is 2.54. The predicted octanol–water partition coefficient (Wildman–Crippen LogP) is 2.11. The Hall–Kier alpha value is -1.88. The van der Waals surface area contributed by atoms with Gasteiger partial charge in [-0.2, -0.15) is 0 Å². The number of hydrogen-bond acceptors (Lipinski definition) is 5. The Morgan fingerprint density at radius 3 is 2.65 bits per heavy atom. The van der Waals surface area contributed by atoms with Crippen LogP contribution in [0.4, 0.5) is 11.6 Å². The van der Waals surface area contributed by atoms with Gasteiger partial charge in [-0.1, -0.05) is 12.1 Å². The molecule has 106 valence electrons. The normalized spacial score (nSPS) is 23.9. The van der Waals surface area contributed by atoms with Gasteiger partial charge in [-0.15, -0.1) is 0 Å². The summed E-state index contributed by atoms with van der Waals surface area (Å²) >= 11 is 0. The van der Waals surface area contributed by atoms with Crippen LogP contribution in [0.5, 0.6) is 0 Å². The molecule has 1 saturated heterocycles. The number of nitrogen functional groups attached to an aromatic ring is 1. The maximum absolute atomic E-state index is 6.02. The highest BCUT2D eigenvalue weighted by Crippen LogP contribution is 2.23. The minimum Gasteiger partial charge on any atom is -0.381 e. The van der Waals surface area contributed by atoms with Crippen molar-refractivity contribution < 1.29 is 0 Å². The summed E-state index contributed by atoms with van der Waals surface area (Å²) in [5.74, 6) is 1.20. The molecule has 0 amide bonds. The molecule has 2 atom stereocenters. The second-order valence-corrected chi connectivity index (χ2v) is 5.64. The first kappa shape index (κ1) is 13.1. The van der Waals surface area contributed by atoms with Crippen LogP contribution in [0.3, 0.4) is 0 Å². The highest BCUT2D eigenvalue weighted by atomic mass is 15.2. The molecule has 0 radical (unpaired) electrons. The predicted molar refractivity (Wildman–Crippen MR) is 82.7 cm³/mol. The minimum absolute atomic E-state index is 0.416. The average Bonchev–Trinajstić information content (AvgIpc) is 2.44. The van der Waals surface area contributed by atoms with Crippen molar-refractivity contribution in [1.29, 1.82) is 0 Å². The van der Waals surface area contributed by atoms with Crippen molar-refractivity contribution in [2.24, 2.45) is 0 Å². The molecular formula is C15H21N5. The SMILES string of the molecule is CC1CC(Nc2nc3ccccc3nc2N)CCN1C. The molecule has 2 unspecified atom stereocenters. The quantitative estimate of drug-likeness (QED) is 0.875. The van der Waals surface area contributed by atoms with Crippen molar-refractivity contribution in [2.45, 2.75) is 31.8 Å². The van der Waals surface area contributed by atoms with E-state index >= 15 is 0 Å². The van der Waals surface area contributed by atoms with E-state index in [-0.39, 0.29) is 0 Å². The standard InChI is InChI=1S/C15H21N5/c1-10-9-11(7-8-20(10)2)17-15-14(16)18-12-5-3-4-6-13(12)19-15/h3-6,10-11H,7-9H2,1-2H3,(H2,16,18)(H,17,19). The molecule has 5 heteroatoms. The van der Waals surface area contributed by atoms with Crippen molar-refractivity contribution >= 4 is 22.7 Å². The fourth-order valence-electron chi connectivity index (χ4n) is 2.73. The van der Waals surface area contributed by atoms with Gasteiger partial charge in [0.15, 0.2) is 11.6 Å². The summed E-state index contributed by atoms with van der Waals surface area (Å²) in [6, 6.07) is 8.80. The molecular weight excluding hydrogens is 250 g/mol. The Morgan fingerprint density at radius 2 is 1.95 bits per heavy atom. The Bertz CT molecular complexity index is 612. The lowest BCUT2D eigenvalue weighted by atomic mass is 9.99. The topological polar surface area (TPSA) is 67.1 Å². The minimum atomic E-state index is 0.416. The first-order chi connectivity index (χ1) is 9.63. The Balaban J connectivity index is 1.82. The van der Waals surface area contributed by atoms with Crippen LogP contribution in [0.15, 0.2) is 24.3 Å². The second-order valence-electron chi connectivity index (χ2n) is 5.64. The fraction of sp³-hybridized carbons (Fsp3) is 0.467. The molecule has 1 fully saturated rings. The van der Waals surface area contributed by atoms with Gasteiger partial charge in [-0.05, 0) is 38.9 Å². The zero-order valence-electron chi connectivity index (χ0n) is 12.0. The summed E-state index contributed by atoms with van der Waals surface area (Å²) in [5.41, 5.74) is 7.74. The second kappa shape index (κ2) is 5.25. The van der Waals surface area contributed by atoms with E-state index in [0.29, 0.717) is 23.7 Å². The molecule has 0 aliphatic carbocycles. The Morgan fingerprint density at radius 1 is 1.25 bits per heavy atom. The van der Waals surface area contributed by atoms with Crippen molar-refractivity contribution in [1.82, 2.24) is 14.9 Å². The first-order valence-corrected chi connectivity index (χ1v) is 7.12. The lowest BCUT2D eigenvalue weighted by Crippen LogP contribution is -2.42. The van der Waals surface area contributed by atoms with Gasteiger partial charge in [0, 0.05) is 18.6 Å². The Kier molecular flexibility index (Phi) is 3.44. The summed E-state index contributed by atoms with van der Waals surface area (Å²) < 4.78 is 0. The van der Waals surface area contributed by atoms with Crippen LogP contribution in [-0.4, -0.2) is 40.5 Å². The number of nitrogens with zero attached hydrogens (tertiary/aromatic N) is 3. The molecule has 3 N–H and O–H groups in total. The van der Waals surface area contributed by atoms with Crippen LogP contribution in [0.25, 0.3) is 11.0 Å². The molecule has 3 rings (SSSR count). The number of benzene rings is 1. The van der Waals surface area contributed by atoms with E-state index in [4.69, 9.17) is 5.73 Å². The lowest BCUT2D eigenvalue weighted by molar-refractivity contribution is 0.190. The monoisotopic (exact) mass is 271 g/mol. The van der Waals surface area contributed by atoms with Gasteiger partial charge in [0.05, 0.1) is 11.0 Å². The van der Waals surface area contributed by atoms with Crippen LogP contribution in [0, 0.1) is 0 Å². The highest BCUT2D eigenvalue weighted by Gasteiger charge is 2.23. The third-order valence-corrected chi connectivity index (χ3v) is 4.15. The van der Waals surface area contributed by atoms with Crippen molar-refractivity contribution in [3.63, 3.8) is 0 Å². The van der Waals surface area contributed by atoms with Crippen LogP contribution in [-0.2, 0) is 0 Å². The summed E-state index contributed by atoms with van der Waals surface area (Å²) in [7, 11) is 2.17. The van der Waals surface area contributed by atoms with Crippen LogP contribution < -0.4 is 11.1 Å². The zero-order chi connectivity index (χ0) is 14.1. The van der Waals surface area contributed by atoms with Gasteiger partial charge in [-0.25, -0.2) is 9.97 Å². The number of hydrogen-bond donors (Lipinski definition) is 2. The number of nitrogens with two attached hydrogens (primary N) is 1. The molecule has 5 nitrogen and oxygen atoms in total. The molecule has 1 aliphatic heterocycles. The van der Waals surface area contributed by atoms with Gasteiger partial charge in [0.25, 0.3) is 0 Å². The van der Waals surface area contributed by atoms with E-state index in [1.165, 1.54) is 0 Å². The number of fused-ring (bicyclic) bond motifs is 1. The Labute approximate surface area is 119 Å². The number of nitrogens with one attached hydrogen (secondary N) is 1. The summed E-state index contributed by atoms with van der Waals surface area (Å²) in [6.45, 7) is 3.35. The molecule has 2 aromatic rings. The largest absolute Gasteiger partial charge is 0.381 e. The molecule has 0 saturated carbocycles. The van der Waals surface area contributed by atoms with Gasteiger partial charge in [-0.3, -0.25) is 0 Å². The van der Waals surface area contributed by atoms with Crippen molar-refractivity contribution in [2.75, 3.05) is 24.6 Å². The summed E-state index contributed by atoms with van der Waals surface area (Å²) in [6.07, 6.45) is 2.21. The van der Waals surface area contributed by atoms with Crippen molar-refractivity contribution in [3.8, 4) is 0 Å². The molecule has 1 aromatic heterocycles. The van der Waals surface area contributed by atoms with Crippen LogP contribution >= 0.6 is 0 Å². The van der Waals surface area contributed by atoms with Crippen LogP contribution in [0.1, 0.15) is 19.8 Å². The summed E-state index contributed by atoms with van der Waals surface area (Å²) in [5, 5.41) is 3.47. The molecule has 0 bridgehead atoms. The zero-order valence-corrected chi connectivity index (χ0v) is 12.0. The van der Waals surface area contributed by atoms with Gasteiger partial charge >= 0.3 is 0 Å². The lowest BCUT2D eigenvalue weighted by Gasteiger charge is -2.35. The number of aromatic nitrogens is 2. The van der Waals surface area contributed by atoms with Crippen LogP contribution in [0.2, 0.25) is 0 Å². The van der Waals surface area contributed by atoms with Crippen molar-refractivity contribution in [3.05, 3.63) is 24.3 Å². The number of piperidine rings is 1. The molecule has 0 spiro atoms. The van der Waals surface area contributed by atoms with E-state index in [1.807, 2.05) is 24.3 Å². The fourth-order valence-corrected chi connectivity index (χ4v) is 2.73. The molecule has 1 aliphatic rings. The van der Waals surface area contributed by atoms with E-state index in [1.54, 1.807) is 0 Å². The maximum atomic E-state index is 6.02. The van der Waals surface area contributed by atoms with E-state index in [9.17, 15) is 0 Å². The number of anilines is 2. The van der Waals surface area contributed by atoms with E-state index in [0.717, 1.165) is 30.4 Å². The molecule has 2 heterocycles. The van der Waals surface area contributed by atoms with E-state index < -0.39 is 0 Å². The highest BCUT2D eigenvalue weighted by molar-refractivity contribution is 5.79. The van der Waals surface area contributed by atoms with Gasteiger partial charge in [0.1, 0.15) is 0 Å². The van der Waals surface area contributed by atoms with E-state index in [2.05, 4.69) is 34.2 Å². The third-order valence-electron chi connectivity index (χ3n) is 4.15.